The summed E-state index contributed by atoms with van der Waals surface area (Å²) in [6, 6.07) is -0.561. The van der Waals surface area contributed by atoms with Gasteiger partial charge < -0.3 is 9.32 Å². The van der Waals surface area contributed by atoms with Gasteiger partial charge in [0.05, 0.1) is 6.04 Å². The molecule has 1 fully saturated rings. The highest BCUT2D eigenvalue weighted by Gasteiger charge is 2.38. The summed E-state index contributed by atoms with van der Waals surface area (Å²) >= 11 is 0. The molecule has 2 heterocycles. The second kappa shape index (κ2) is 4.23. The molecule has 1 aliphatic heterocycles. The molecule has 0 spiro atoms. The molecule has 1 saturated heterocycles. The Bertz CT molecular complexity index is 515. The van der Waals surface area contributed by atoms with Gasteiger partial charge in [-0.3, -0.25) is 0 Å². The summed E-state index contributed by atoms with van der Waals surface area (Å²) in [6.07, 6.45) is 1.96. The number of carbonyl (C=O) groups excluding carboxylic acids is 1. The zero-order chi connectivity index (χ0) is 12.6. The molecule has 94 valence electrons. The number of hydrogen-bond acceptors (Lipinski definition) is 5. The van der Waals surface area contributed by atoms with Crippen molar-refractivity contribution in [2.24, 2.45) is 0 Å². The summed E-state index contributed by atoms with van der Waals surface area (Å²) in [5, 5.41) is 3.64. The average molecular weight is 258 g/mol. The van der Waals surface area contributed by atoms with Gasteiger partial charge >= 0.3 is 0 Å². The van der Waals surface area contributed by atoms with Gasteiger partial charge in [-0.1, -0.05) is 5.16 Å². The summed E-state index contributed by atoms with van der Waals surface area (Å²) in [5.74, 6) is 0.263. The van der Waals surface area contributed by atoms with E-state index in [1.54, 1.807) is 13.8 Å². The Labute approximate surface area is 99.6 Å². The Morgan fingerprint density at radius 2 is 2.18 bits per heavy atom. The second-order valence-electron chi connectivity index (χ2n) is 4.11. The van der Waals surface area contributed by atoms with Crippen molar-refractivity contribution in [2.75, 3.05) is 6.54 Å². The van der Waals surface area contributed by atoms with E-state index in [1.165, 1.54) is 4.31 Å². The van der Waals surface area contributed by atoms with Gasteiger partial charge in [0, 0.05) is 6.54 Å². The lowest BCUT2D eigenvalue weighted by Gasteiger charge is -2.19. The molecular weight excluding hydrogens is 244 g/mol. The SMILES string of the molecule is Cc1noc(C)c1S(=O)(=O)N1CCCC1C=O. The standard InChI is InChI=1S/C10H14N2O4S/c1-7-10(8(2)16-11-7)17(14,15)12-5-3-4-9(12)6-13/h6,9H,3-5H2,1-2H3. The van der Waals surface area contributed by atoms with E-state index in [-0.39, 0.29) is 10.7 Å². The van der Waals surface area contributed by atoms with Crippen LogP contribution in [-0.2, 0) is 14.8 Å². The van der Waals surface area contributed by atoms with Crippen molar-refractivity contribution in [3.8, 4) is 0 Å². The smallest absolute Gasteiger partial charge is 0.249 e. The van der Waals surface area contributed by atoms with Crippen LogP contribution in [0.2, 0.25) is 0 Å². The fourth-order valence-electron chi connectivity index (χ4n) is 2.16. The highest BCUT2D eigenvalue weighted by molar-refractivity contribution is 7.89. The number of hydrogen-bond donors (Lipinski definition) is 0. The molecule has 1 aromatic heterocycles. The molecule has 0 N–H and O–H groups in total. The van der Waals surface area contributed by atoms with E-state index in [9.17, 15) is 13.2 Å². The van der Waals surface area contributed by atoms with E-state index in [2.05, 4.69) is 5.16 Å². The van der Waals surface area contributed by atoms with E-state index in [1.807, 2.05) is 0 Å². The molecule has 0 saturated carbocycles. The largest absolute Gasteiger partial charge is 0.360 e. The Balaban J connectivity index is 2.47. The number of aryl methyl sites for hydroxylation is 2. The quantitative estimate of drug-likeness (QED) is 0.743. The van der Waals surface area contributed by atoms with Crippen LogP contribution in [0.3, 0.4) is 0 Å². The van der Waals surface area contributed by atoms with Crippen LogP contribution < -0.4 is 0 Å². The van der Waals surface area contributed by atoms with Crippen LogP contribution in [0.1, 0.15) is 24.3 Å². The van der Waals surface area contributed by atoms with Crippen LogP contribution in [0.25, 0.3) is 0 Å². The second-order valence-corrected chi connectivity index (χ2v) is 5.94. The highest BCUT2D eigenvalue weighted by Crippen LogP contribution is 2.28. The highest BCUT2D eigenvalue weighted by atomic mass is 32.2. The molecule has 0 aromatic carbocycles. The Kier molecular flexibility index (Phi) is 3.05. The third kappa shape index (κ3) is 1.89. The lowest BCUT2D eigenvalue weighted by molar-refractivity contribution is -0.110. The molecule has 1 aromatic rings. The topological polar surface area (TPSA) is 80.5 Å². The molecule has 1 aliphatic rings. The average Bonchev–Trinajstić information content (AvgIpc) is 2.85. The maximum absolute atomic E-state index is 12.4. The maximum atomic E-state index is 12.4. The lowest BCUT2D eigenvalue weighted by Crippen LogP contribution is -2.36. The van der Waals surface area contributed by atoms with Crippen molar-refractivity contribution in [2.45, 2.75) is 37.6 Å². The molecular formula is C10H14N2O4S. The zero-order valence-corrected chi connectivity index (χ0v) is 10.5. The van der Waals surface area contributed by atoms with Gasteiger partial charge in [-0.2, -0.15) is 4.31 Å². The van der Waals surface area contributed by atoms with Crippen molar-refractivity contribution >= 4 is 16.3 Å². The summed E-state index contributed by atoms with van der Waals surface area (Å²) in [4.78, 5) is 10.9. The molecule has 0 amide bonds. The summed E-state index contributed by atoms with van der Waals surface area (Å²) in [5.41, 5.74) is 0.332. The molecule has 0 radical (unpaired) electrons. The van der Waals surface area contributed by atoms with Crippen LogP contribution in [0, 0.1) is 13.8 Å². The van der Waals surface area contributed by atoms with E-state index in [0.717, 1.165) is 0 Å². The summed E-state index contributed by atoms with van der Waals surface area (Å²) < 4.78 is 30.8. The molecule has 6 nitrogen and oxygen atoms in total. The predicted octanol–water partition coefficient (Wildman–Crippen LogP) is 0.643. The first-order chi connectivity index (χ1) is 7.98. The summed E-state index contributed by atoms with van der Waals surface area (Å²) in [6.45, 7) is 3.50. The third-order valence-electron chi connectivity index (χ3n) is 2.94. The Morgan fingerprint density at radius 1 is 1.47 bits per heavy atom. The minimum Gasteiger partial charge on any atom is -0.360 e. The fourth-order valence-corrected chi connectivity index (χ4v) is 4.09. The van der Waals surface area contributed by atoms with Crippen LogP contribution in [0.15, 0.2) is 9.42 Å². The number of sulfonamides is 1. The van der Waals surface area contributed by atoms with Gasteiger partial charge in [0.25, 0.3) is 0 Å². The Hall–Kier alpha value is -1.21. The van der Waals surface area contributed by atoms with Gasteiger partial charge in [-0.25, -0.2) is 8.42 Å². The number of carbonyl (C=O) groups is 1. The van der Waals surface area contributed by atoms with E-state index in [0.29, 0.717) is 31.4 Å². The van der Waals surface area contributed by atoms with Crippen molar-refractivity contribution < 1.29 is 17.7 Å². The van der Waals surface area contributed by atoms with Gasteiger partial charge in [0.1, 0.15) is 16.9 Å². The maximum Gasteiger partial charge on any atom is 0.249 e. The van der Waals surface area contributed by atoms with Crippen LogP contribution in [0.4, 0.5) is 0 Å². The first-order valence-electron chi connectivity index (χ1n) is 5.38. The molecule has 1 unspecified atom stereocenters. The lowest BCUT2D eigenvalue weighted by atomic mass is 10.2. The van der Waals surface area contributed by atoms with Crippen LogP contribution in [-0.4, -0.2) is 36.8 Å². The zero-order valence-electron chi connectivity index (χ0n) is 9.71. The molecule has 2 rings (SSSR count). The number of aldehydes is 1. The Morgan fingerprint density at radius 3 is 2.71 bits per heavy atom. The van der Waals surface area contributed by atoms with Crippen molar-refractivity contribution in [1.82, 2.24) is 9.46 Å². The minimum atomic E-state index is -3.67. The van der Waals surface area contributed by atoms with Gasteiger partial charge in [0.15, 0.2) is 5.76 Å². The monoisotopic (exact) mass is 258 g/mol. The summed E-state index contributed by atoms with van der Waals surface area (Å²) in [7, 11) is -3.67. The van der Waals surface area contributed by atoms with E-state index >= 15 is 0 Å². The van der Waals surface area contributed by atoms with Gasteiger partial charge in [0.2, 0.25) is 10.0 Å². The van der Waals surface area contributed by atoms with Crippen molar-refractivity contribution in [1.29, 1.82) is 0 Å². The molecule has 17 heavy (non-hydrogen) atoms. The fraction of sp³-hybridized carbons (Fsp3) is 0.600. The first-order valence-corrected chi connectivity index (χ1v) is 6.82. The molecule has 0 bridgehead atoms. The first kappa shape index (κ1) is 12.3. The van der Waals surface area contributed by atoms with E-state index < -0.39 is 16.1 Å². The van der Waals surface area contributed by atoms with Crippen molar-refractivity contribution in [3.05, 3.63) is 11.5 Å². The molecule has 1 atom stereocenters. The normalized spacial score (nSPS) is 21.9. The number of aromatic nitrogens is 1. The van der Waals surface area contributed by atoms with Gasteiger partial charge in [-0.15, -0.1) is 0 Å². The molecule has 7 heteroatoms. The van der Waals surface area contributed by atoms with Gasteiger partial charge in [-0.05, 0) is 26.7 Å². The van der Waals surface area contributed by atoms with Crippen LogP contribution >= 0.6 is 0 Å². The predicted molar refractivity (Wildman–Crippen MR) is 59.0 cm³/mol. The van der Waals surface area contributed by atoms with Crippen molar-refractivity contribution in [3.63, 3.8) is 0 Å². The molecule has 0 aliphatic carbocycles. The third-order valence-corrected chi connectivity index (χ3v) is 5.11. The van der Waals surface area contributed by atoms with E-state index in [4.69, 9.17) is 4.52 Å². The number of rotatable bonds is 3. The minimum absolute atomic E-state index is 0.0891. The number of nitrogens with zero attached hydrogens (tertiary/aromatic N) is 2. The van der Waals surface area contributed by atoms with Crippen LogP contribution in [0.5, 0.6) is 0 Å².